The lowest BCUT2D eigenvalue weighted by atomic mass is 10.2. The quantitative estimate of drug-likeness (QED) is 0.649. The van der Waals surface area contributed by atoms with Crippen molar-refractivity contribution in [1.29, 1.82) is 0 Å². The van der Waals surface area contributed by atoms with Crippen LogP contribution in [0.15, 0.2) is 16.5 Å². The molecule has 3 N–H and O–H groups in total. The van der Waals surface area contributed by atoms with Crippen molar-refractivity contribution in [3.8, 4) is 0 Å². The van der Waals surface area contributed by atoms with Crippen molar-refractivity contribution in [1.82, 2.24) is 5.32 Å². The summed E-state index contributed by atoms with van der Waals surface area (Å²) in [6, 6.07) is 3.85. The number of hydrogen-bond acceptors (Lipinski definition) is 4. The third-order valence-electron chi connectivity index (χ3n) is 2.06. The first kappa shape index (κ1) is 11.2. The normalized spacial score (nSPS) is 15.4. The fourth-order valence-electron chi connectivity index (χ4n) is 1.16. The molecule has 4 heteroatoms. The third kappa shape index (κ3) is 3.14. The average Bonchev–Trinajstić information content (AvgIpc) is 2.60. The van der Waals surface area contributed by atoms with E-state index in [4.69, 9.17) is 14.6 Å². The molecule has 1 aromatic rings. The first-order valence-electron chi connectivity index (χ1n) is 4.72. The van der Waals surface area contributed by atoms with Crippen LogP contribution in [-0.2, 0) is 0 Å². The number of hydrogen-bond donors (Lipinski definition) is 3. The van der Waals surface area contributed by atoms with Gasteiger partial charge in [0.15, 0.2) is 0 Å². The zero-order valence-corrected chi connectivity index (χ0v) is 8.53. The summed E-state index contributed by atoms with van der Waals surface area (Å²) in [5, 5.41) is 20.8. The number of nitrogens with one attached hydrogen (secondary N) is 1. The van der Waals surface area contributed by atoms with Crippen LogP contribution in [0.5, 0.6) is 0 Å². The van der Waals surface area contributed by atoms with Gasteiger partial charge in [0.2, 0.25) is 0 Å². The minimum atomic E-state index is -0.714. The van der Waals surface area contributed by atoms with E-state index in [1.807, 2.05) is 26.0 Å². The van der Waals surface area contributed by atoms with Crippen LogP contribution in [-0.4, -0.2) is 29.5 Å². The number of furan rings is 1. The Bertz CT molecular complexity index is 272. The molecule has 0 saturated heterocycles. The molecule has 0 amide bonds. The largest absolute Gasteiger partial charge is 0.465 e. The standard InChI is InChI=1S/C10H17NO3/c1-7-3-4-10(14-7)8(2)11-5-9(13)6-12/h3-4,8-9,11-13H,5-6H2,1-2H3. The molecule has 0 aliphatic carbocycles. The van der Waals surface area contributed by atoms with E-state index in [2.05, 4.69) is 5.32 Å². The van der Waals surface area contributed by atoms with Crippen molar-refractivity contribution in [3.63, 3.8) is 0 Å². The highest BCUT2D eigenvalue weighted by molar-refractivity contribution is 5.08. The molecule has 1 rings (SSSR count). The zero-order chi connectivity index (χ0) is 10.6. The highest BCUT2D eigenvalue weighted by Crippen LogP contribution is 2.15. The van der Waals surface area contributed by atoms with Crippen LogP contribution in [0.4, 0.5) is 0 Å². The van der Waals surface area contributed by atoms with Crippen LogP contribution in [0, 0.1) is 6.92 Å². The number of aliphatic hydroxyl groups is 2. The lowest BCUT2D eigenvalue weighted by molar-refractivity contribution is 0.0917. The summed E-state index contributed by atoms with van der Waals surface area (Å²) >= 11 is 0. The third-order valence-corrected chi connectivity index (χ3v) is 2.06. The van der Waals surface area contributed by atoms with Crippen LogP contribution in [0.2, 0.25) is 0 Å². The molecular weight excluding hydrogens is 182 g/mol. The van der Waals surface area contributed by atoms with Crippen molar-refractivity contribution in [3.05, 3.63) is 23.7 Å². The average molecular weight is 199 g/mol. The Morgan fingerprint density at radius 1 is 1.50 bits per heavy atom. The minimum absolute atomic E-state index is 0.0462. The van der Waals surface area contributed by atoms with Crippen molar-refractivity contribution in [2.45, 2.75) is 26.0 Å². The summed E-state index contributed by atoms with van der Waals surface area (Å²) in [6.07, 6.45) is -0.714. The van der Waals surface area contributed by atoms with Gasteiger partial charge in [-0.15, -0.1) is 0 Å². The molecule has 2 atom stereocenters. The van der Waals surface area contributed by atoms with Gasteiger partial charge in [0.05, 0.1) is 18.8 Å². The van der Waals surface area contributed by atoms with Crippen LogP contribution < -0.4 is 5.32 Å². The molecule has 0 fully saturated rings. The Balaban J connectivity index is 2.39. The lowest BCUT2D eigenvalue weighted by Gasteiger charge is -2.13. The molecule has 4 nitrogen and oxygen atoms in total. The highest BCUT2D eigenvalue weighted by atomic mass is 16.3. The van der Waals surface area contributed by atoms with E-state index in [0.29, 0.717) is 6.54 Å². The van der Waals surface area contributed by atoms with Gasteiger partial charge in [0, 0.05) is 6.54 Å². The summed E-state index contributed by atoms with van der Waals surface area (Å²) in [7, 11) is 0. The molecule has 0 saturated carbocycles. The second-order valence-corrected chi connectivity index (χ2v) is 3.41. The van der Waals surface area contributed by atoms with Crippen molar-refractivity contribution < 1.29 is 14.6 Å². The summed E-state index contributed by atoms with van der Waals surface area (Å²) in [4.78, 5) is 0. The molecule has 0 radical (unpaired) electrons. The Hall–Kier alpha value is -0.840. The molecule has 14 heavy (non-hydrogen) atoms. The van der Waals surface area contributed by atoms with Gasteiger partial charge in [-0.25, -0.2) is 0 Å². The molecule has 0 aliphatic rings. The molecule has 0 bridgehead atoms. The molecule has 1 heterocycles. The second kappa shape index (κ2) is 5.14. The van der Waals surface area contributed by atoms with Gasteiger partial charge >= 0.3 is 0 Å². The van der Waals surface area contributed by atoms with Gasteiger partial charge in [-0.05, 0) is 26.0 Å². The molecule has 1 aromatic heterocycles. The first-order valence-corrected chi connectivity index (χ1v) is 4.72. The van der Waals surface area contributed by atoms with Gasteiger partial charge in [-0.2, -0.15) is 0 Å². The van der Waals surface area contributed by atoms with Gasteiger partial charge in [0.25, 0.3) is 0 Å². The van der Waals surface area contributed by atoms with E-state index in [0.717, 1.165) is 11.5 Å². The van der Waals surface area contributed by atoms with Crippen LogP contribution >= 0.6 is 0 Å². The maximum absolute atomic E-state index is 9.12. The molecule has 0 aromatic carbocycles. The Kier molecular flexibility index (Phi) is 4.13. The Labute approximate surface area is 83.6 Å². The Morgan fingerprint density at radius 3 is 2.71 bits per heavy atom. The molecular formula is C10H17NO3. The van der Waals surface area contributed by atoms with Gasteiger partial charge < -0.3 is 19.9 Å². The van der Waals surface area contributed by atoms with Crippen LogP contribution in [0.25, 0.3) is 0 Å². The molecule has 80 valence electrons. The number of aliphatic hydroxyl groups excluding tert-OH is 2. The van der Waals surface area contributed by atoms with E-state index >= 15 is 0 Å². The maximum atomic E-state index is 9.12. The number of aryl methyl sites for hydroxylation is 1. The maximum Gasteiger partial charge on any atom is 0.120 e. The number of rotatable bonds is 5. The van der Waals surface area contributed by atoms with E-state index < -0.39 is 6.10 Å². The van der Waals surface area contributed by atoms with E-state index in [9.17, 15) is 0 Å². The van der Waals surface area contributed by atoms with Crippen LogP contribution in [0.1, 0.15) is 24.5 Å². The van der Waals surface area contributed by atoms with Crippen molar-refractivity contribution in [2.75, 3.05) is 13.2 Å². The molecule has 0 spiro atoms. The Morgan fingerprint density at radius 2 is 2.21 bits per heavy atom. The SMILES string of the molecule is Cc1ccc(C(C)NCC(O)CO)o1. The minimum Gasteiger partial charge on any atom is -0.465 e. The second-order valence-electron chi connectivity index (χ2n) is 3.41. The van der Waals surface area contributed by atoms with E-state index in [-0.39, 0.29) is 12.6 Å². The highest BCUT2D eigenvalue weighted by Gasteiger charge is 2.10. The van der Waals surface area contributed by atoms with Gasteiger partial charge in [-0.1, -0.05) is 0 Å². The van der Waals surface area contributed by atoms with E-state index in [1.54, 1.807) is 0 Å². The summed E-state index contributed by atoms with van der Waals surface area (Å²) in [5.74, 6) is 1.71. The summed E-state index contributed by atoms with van der Waals surface area (Å²) in [6.45, 7) is 3.97. The topological polar surface area (TPSA) is 65.6 Å². The van der Waals surface area contributed by atoms with Crippen LogP contribution in [0.3, 0.4) is 0 Å². The fourth-order valence-corrected chi connectivity index (χ4v) is 1.16. The zero-order valence-electron chi connectivity index (χ0n) is 8.53. The smallest absolute Gasteiger partial charge is 0.120 e. The monoisotopic (exact) mass is 199 g/mol. The molecule has 2 unspecified atom stereocenters. The predicted molar refractivity (Wildman–Crippen MR) is 53.0 cm³/mol. The van der Waals surface area contributed by atoms with Crippen molar-refractivity contribution >= 4 is 0 Å². The lowest BCUT2D eigenvalue weighted by Crippen LogP contribution is -2.31. The predicted octanol–water partition coefficient (Wildman–Crippen LogP) is 0.592. The van der Waals surface area contributed by atoms with E-state index in [1.165, 1.54) is 0 Å². The summed E-state index contributed by atoms with van der Waals surface area (Å²) < 4.78 is 5.40. The summed E-state index contributed by atoms with van der Waals surface area (Å²) in [5.41, 5.74) is 0. The fraction of sp³-hybridized carbons (Fsp3) is 0.600. The van der Waals surface area contributed by atoms with Gasteiger partial charge in [0.1, 0.15) is 11.5 Å². The molecule has 0 aliphatic heterocycles. The van der Waals surface area contributed by atoms with Gasteiger partial charge in [-0.3, -0.25) is 0 Å². The first-order chi connectivity index (χ1) is 6.63. The van der Waals surface area contributed by atoms with Crippen molar-refractivity contribution in [2.24, 2.45) is 0 Å².